The molecule has 2 nitrogen and oxygen atoms in total. The maximum Gasteiger partial charge on any atom is 0.0508 e. The molecule has 0 aliphatic carbocycles. The lowest BCUT2D eigenvalue weighted by atomic mass is 10.1. The number of aryl methyl sites for hydroxylation is 2. The van der Waals surface area contributed by atoms with E-state index in [9.17, 15) is 0 Å². The average Bonchev–Trinajstić information content (AvgIpc) is 2.20. The van der Waals surface area contributed by atoms with Crippen molar-refractivity contribution in [3.05, 3.63) is 23.3 Å². The monoisotopic (exact) mass is 236 g/mol. The van der Waals surface area contributed by atoms with Gasteiger partial charge in [0.05, 0.1) is 5.69 Å². The molecule has 1 aliphatic rings. The van der Waals surface area contributed by atoms with Crippen molar-refractivity contribution < 1.29 is 0 Å². The summed E-state index contributed by atoms with van der Waals surface area (Å²) in [7, 11) is 0. The van der Waals surface area contributed by atoms with Crippen LogP contribution in [0.3, 0.4) is 0 Å². The quantitative estimate of drug-likeness (QED) is 0.855. The summed E-state index contributed by atoms with van der Waals surface area (Å²) in [5, 5.41) is 0. The largest absolute Gasteiger partial charge is 0.368 e. The molecule has 1 aromatic carbocycles. The Labute approximate surface area is 102 Å². The number of thioether (sulfide) groups is 1. The number of nitrogens with two attached hydrogens (primary N) is 1. The van der Waals surface area contributed by atoms with E-state index in [0.717, 1.165) is 13.1 Å². The molecular weight excluding hydrogens is 216 g/mol. The van der Waals surface area contributed by atoms with Crippen LogP contribution in [0.1, 0.15) is 18.1 Å². The molecule has 88 valence electrons. The summed E-state index contributed by atoms with van der Waals surface area (Å²) in [5.74, 6) is 1.17. The van der Waals surface area contributed by atoms with Crippen LogP contribution in [0, 0.1) is 13.8 Å². The lowest BCUT2D eigenvalue weighted by molar-refractivity contribution is 0.684. The zero-order valence-electron chi connectivity index (χ0n) is 10.3. The first-order valence-electron chi connectivity index (χ1n) is 5.82. The van der Waals surface area contributed by atoms with Gasteiger partial charge in [0.15, 0.2) is 0 Å². The van der Waals surface area contributed by atoms with Crippen LogP contribution in [-0.4, -0.2) is 24.9 Å². The van der Waals surface area contributed by atoms with E-state index >= 15 is 0 Å². The van der Waals surface area contributed by atoms with Gasteiger partial charge < -0.3 is 10.6 Å². The second-order valence-corrected chi connectivity index (χ2v) is 5.81. The van der Waals surface area contributed by atoms with Crippen LogP contribution in [0.5, 0.6) is 0 Å². The van der Waals surface area contributed by atoms with Crippen molar-refractivity contribution in [1.82, 2.24) is 0 Å². The molecule has 1 aliphatic heterocycles. The van der Waals surface area contributed by atoms with Gasteiger partial charge >= 0.3 is 0 Å². The van der Waals surface area contributed by atoms with E-state index in [1.165, 1.54) is 27.5 Å². The Morgan fingerprint density at radius 2 is 2.06 bits per heavy atom. The van der Waals surface area contributed by atoms with E-state index in [0.29, 0.717) is 0 Å². The molecule has 3 heteroatoms. The number of benzene rings is 1. The lowest BCUT2D eigenvalue weighted by Crippen LogP contribution is -2.38. The summed E-state index contributed by atoms with van der Waals surface area (Å²) in [6.07, 6.45) is 0. The van der Waals surface area contributed by atoms with E-state index in [2.05, 4.69) is 37.8 Å². The molecule has 1 unspecified atom stereocenters. The average molecular weight is 236 g/mol. The number of nitrogens with zero attached hydrogens (tertiary/aromatic N) is 1. The predicted octanol–water partition coefficient (Wildman–Crippen LogP) is 2.56. The van der Waals surface area contributed by atoms with Gasteiger partial charge in [0.2, 0.25) is 0 Å². The molecule has 0 amide bonds. The summed E-state index contributed by atoms with van der Waals surface area (Å²) >= 11 is 1.96. The van der Waals surface area contributed by atoms with Gasteiger partial charge in [-0.15, -0.1) is 11.8 Å². The smallest absolute Gasteiger partial charge is 0.0508 e. The molecule has 1 atom stereocenters. The van der Waals surface area contributed by atoms with Crippen LogP contribution in [0.15, 0.2) is 17.0 Å². The number of anilines is 1. The second kappa shape index (κ2) is 4.68. The Morgan fingerprint density at radius 1 is 1.38 bits per heavy atom. The van der Waals surface area contributed by atoms with Gasteiger partial charge in [-0.25, -0.2) is 0 Å². The molecule has 1 heterocycles. The standard InChI is InChI=1S/C13H20N2S/c1-9-6-12-13(7-10(9)2)16-5-4-15(12)8-11(3)14/h6-7,11H,4-5,8,14H2,1-3H3. The Bertz CT molecular complexity index is 388. The Hall–Kier alpha value is -0.670. The number of hydrogen-bond donors (Lipinski definition) is 1. The van der Waals surface area contributed by atoms with Crippen molar-refractivity contribution >= 4 is 17.4 Å². The third-order valence-electron chi connectivity index (χ3n) is 3.04. The Kier molecular flexibility index (Phi) is 3.45. The van der Waals surface area contributed by atoms with Crippen LogP contribution in [0.4, 0.5) is 5.69 Å². The fourth-order valence-corrected chi connectivity index (χ4v) is 3.19. The molecule has 2 rings (SSSR count). The van der Waals surface area contributed by atoms with Crippen molar-refractivity contribution in [3.8, 4) is 0 Å². The molecule has 0 radical (unpaired) electrons. The van der Waals surface area contributed by atoms with Crippen LogP contribution in [-0.2, 0) is 0 Å². The minimum atomic E-state index is 0.234. The molecule has 2 N–H and O–H groups in total. The minimum Gasteiger partial charge on any atom is -0.368 e. The Balaban J connectivity index is 2.34. The van der Waals surface area contributed by atoms with Crippen LogP contribution in [0.2, 0.25) is 0 Å². The molecule has 0 spiro atoms. The van der Waals surface area contributed by atoms with Gasteiger partial charge in [0.1, 0.15) is 0 Å². The second-order valence-electron chi connectivity index (χ2n) is 4.68. The SMILES string of the molecule is Cc1cc2c(cc1C)N(CC(C)N)CCS2. The predicted molar refractivity (Wildman–Crippen MR) is 72.5 cm³/mol. The molecule has 0 saturated carbocycles. The fourth-order valence-electron chi connectivity index (χ4n) is 2.06. The molecule has 0 bridgehead atoms. The number of rotatable bonds is 2. The van der Waals surface area contributed by atoms with E-state index in [1.807, 2.05) is 11.8 Å². The van der Waals surface area contributed by atoms with Gasteiger partial charge in [-0.1, -0.05) is 0 Å². The molecule has 0 fully saturated rings. The third-order valence-corrected chi connectivity index (χ3v) is 4.07. The molecule has 0 aromatic heterocycles. The number of hydrogen-bond acceptors (Lipinski definition) is 3. The highest BCUT2D eigenvalue weighted by atomic mass is 32.2. The van der Waals surface area contributed by atoms with Gasteiger partial charge in [-0.3, -0.25) is 0 Å². The maximum atomic E-state index is 5.90. The topological polar surface area (TPSA) is 29.3 Å². The lowest BCUT2D eigenvalue weighted by Gasteiger charge is -2.32. The van der Waals surface area contributed by atoms with Crippen LogP contribution < -0.4 is 10.6 Å². The van der Waals surface area contributed by atoms with Crippen molar-refractivity contribution in [2.75, 3.05) is 23.7 Å². The molecule has 0 saturated heterocycles. The molecule has 16 heavy (non-hydrogen) atoms. The van der Waals surface area contributed by atoms with E-state index < -0.39 is 0 Å². The van der Waals surface area contributed by atoms with E-state index in [4.69, 9.17) is 5.73 Å². The fraction of sp³-hybridized carbons (Fsp3) is 0.538. The Morgan fingerprint density at radius 3 is 2.75 bits per heavy atom. The highest BCUT2D eigenvalue weighted by molar-refractivity contribution is 7.99. The first kappa shape index (κ1) is 11.8. The van der Waals surface area contributed by atoms with Crippen molar-refractivity contribution in [2.24, 2.45) is 5.73 Å². The highest BCUT2D eigenvalue weighted by Gasteiger charge is 2.18. The molecular formula is C13H20N2S. The normalized spacial score (nSPS) is 17.1. The van der Waals surface area contributed by atoms with Crippen LogP contribution in [0.25, 0.3) is 0 Å². The first-order valence-corrected chi connectivity index (χ1v) is 6.81. The summed E-state index contributed by atoms with van der Waals surface area (Å²) in [5.41, 5.74) is 10.0. The van der Waals surface area contributed by atoms with Gasteiger partial charge in [-0.2, -0.15) is 0 Å². The summed E-state index contributed by atoms with van der Waals surface area (Å²) in [6.45, 7) is 8.50. The number of fused-ring (bicyclic) bond motifs is 1. The molecule has 1 aromatic rings. The van der Waals surface area contributed by atoms with Gasteiger partial charge in [-0.05, 0) is 44.0 Å². The summed E-state index contributed by atoms with van der Waals surface area (Å²) in [4.78, 5) is 3.83. The zero-order valence-corrected chi connectivity index (χ0v) is 11.1. The summed E-state index contributed by atoms with van der Waals surface area (Å²) < 4.78 is 0. The first-order chi connectivity index (χ1) is 7.58. The van der Waals surface area contributed by atoms with Crippen molar-refractivity contribution in [1.29, 1.82) is 0 Å². The van der Waals surface area contributed by atoms with E-state index in [1.54, 1.807) is 0 Å². The third kappa shape index (κ3) is 2.36. The van der Waals surface area contributed by atoms with Crippen molar-refractivity contribution in [2.45, 2.75) is 31.7 Å². The zero-order chi connectivity index (χ0) is 11.7. The van der Waals surface area contributed by atoms with Gasteiger partial charge in [0.25, 0.3) is 0 Å². The van der Waals surface area contributed by atoms with Crippen LogP contribution >= 0.6 is 11.8 Å². The highest BCUT2D eigenvalue weighted by Crippen LogP contribution is 2.36. The minimum absolute atomic E-state index is 0.234. The maximum absolute atomic E-state index is 5.90. The summed E-state index contributed by atoms with van der Waals surface area (Å²) in [6, 6.07) is 4.85. The van der Waals surface area contributed by atoms with Gasteiger partial charge in [0, 0.05) is 29.8 Å². The van der Waals surface area contributed by atoms with E-state index in [-0.39, 0.29) is 6.04 Å². The van der Waals surface area contributed by atoms with Crippen molar-refractivity contribution in [3.63, 3.8) is 0 Å².